The highest BCUT2D eigenvalue weighted by molar-refractivity contribution is 5.90. The predicted octanol–water partition coefficient (Wildman–Crippen LogP) is 6.63. The smallest absolute Gasteiger partial charge is 0.338 e. The minimum Gasteiger partial charge on any atom is -0.494 e. The lowest BCUT2D eigenvalue weighted by molar-refractivity contribution is -0.128. The van der Waals surface area contributed by atoms with Crippen LogP contribution in [0.3, 0.4) is 0 Å². The lowest BCUT2D eigenvalue weighted by atomic mass is 10.1. The summed E-state index contributed by atoms with van der Waals surface area (Å²) in [5.74, 6) is 0.215. The van der Waals surface area contributed by atoms with E-state index in [1.165, 1.54) is 58.1 Å². The Hall–Kier alpha value is -3.12. The van der Waals surface area contributed by atoms with Crippen molar-refractivity contribution in [3.8, 4) is 11.5 Å². The zero-order valence-corrected chi connectivity index (χ0v) is 21.0. The molecule has 0 atom stereocenters. The Kier molecular flexibility index (Phi) is 13.9. The monoisotopic (exact) mass is 482 g/mol. The molecule has 0 bridgehead atoms. The van der Waals surface area contributed by atoms with Gasteiger partial charge in [0, 0.05) is 13.2 Å². The molecule has 0 spiro atoms. The van der Waals surface area contributed by atoms with Gasteiger partial charge in [-0.1, -0.05) is 64.0 Å². The molecule has 2 aromatic carbocycles. The van der Waals surface area contributed by atoms with Gasteiger partial charge in [-0.25, -0.2) is 9.59 Å². The van der Waals surface area contributed by atoms with E-state index in [1.54, 1.807) is 30.3 Å². The minimum atomic E-state index is -0.504. The first-order valence-corrected chi connectivity index (χ1v) is 12.5. The Morgan fingerprint density at radius 2 is 1.37 bits per heavy atom. The van der Waals surface area contributed by atoms with E-state index in [0.29, 0.717) is 17.9 Å². The third-order valence-corrected chi connectivity index (χ3v) is 5.39. The Morgan fingerprint density at radius 3 is 2.03 bits per heavy atom. The molecule has 35 heavy (non-hydrogen) atoms. The molecule has 0 aromatic heterocycles. The molecular weight excluding hydrogens is 444 g/mol. The predicted molar refractivity (Wildman–Crippen MR) is 138 cm³/mol. The summed E-state index contributed by atoms with van der Waals surface area (Å²) in [4.78, 5) is 24.0. The van der Waals surface area contributed by atoms with Gasteiger partial charge < -0.3 is 18.9 Å². The van der Waals surface area contributed by atoms with Crippen LogP contribution in [0.15, 0.2) is 54.6 Å². The quantitative estimate of drug-likeness (QED) is 0.109. The Morgan fingerprint density at radius 1 is 0.743 bits per heavy atom. The van der Waals surface area contributed by atoms with E-state index in [2.05, 4.69) is 6.92 Å². The van der Waals surface area contributed by atoms with Gasteiger partial charge in [-0.05, 0) is 54.5 Å². The SMILES string of the molecule is CCCCCCCCCCOc1ccc(/C=C/C(=O)Oc2ccc(C(=O)OCCOC)cc2)cc1. The molecule has 2 rings (SSSR count). The van der Waals surface area contributed by atoms with E-state index in [-0.39, 0.29) is 6.61 Å². The van der Waals surface area contributed by atoms with Crippen LogP contribution in [0.25, 0.3) is 6.08 Å². The standard InChI is InChI=1S/C29H38O6/c1-3-4-5-6-7-8-9-10-21-33-26-16-11-24(12-17-26)13-20-28(30)35-27-18-14-25(15-19-27)29(31)34-23-22-32-2/h11-20H,3-10,21-23H2,1-2H3/b20-13+. The van der Waals surface area contributed by atoms with Gasteiger partial charge in [-0.3, -0.25) is 0 Å². The van der Waals surface area contributed by atoms with Gasteiger partial charge in [0.15, 0.2) is 0 Å². The van der Waals surface area contributed by atoms with Crippen LogP contribution >= 0.6 is 0 Å². The second kappa shape index (κ2) is 17.3. The molecule has 0 aliphatic rings. The summed E-state index contributed by atoms with van der Waals surface area (Å²) < 4.78 is 21.0. The van der Waals surface area contributed by atoms with E-state index in [4.69, 9.17) is 18.9 Å². The zero-order valence-electron chi connectivity index (χ0n) is 21.0. The third kappa shape index (κ3) is 12.2. The molecule has 0 fully saturated rings. The molecule has 0 saturated carbocycles. The molecule has 0 N–H and O–H groups in total. The summed E-state index contributed by atoms with van der Waals surface area (Å²) in [7, 11) is 1.54. The Balaban J connectivity index is 1.67. The number of ether oxygens (including phenoxy) is 4. The van der Waals surface area contributed by atoms with Crippen LogP contribution < -0.4 is 9.47 Å². The maximum atomic E-state index is 12.1. The number of carbonyl (C=O) groups is 2. The van der Waals surface area contributed by atoms with E-state index in [0.717, 1.165) is 24.3 Å². The van der Waals surface area contributed by atoms with Crippen LogP contribution in [-0.2, 0) is 14.3 Å². The fourth-order valence-corrected chi connectivity index (χ4v) is 3.38. The number of benzene rings is 2. The van der Waals surface area contributed by atoms with Gasteiger partial charge in [0.2, 0.25) is 0 Å². The largest absolute Gasteiger partial charge is 0.494 e. The maximum Gasteiger partial charge on any atom is 0.338 e. The average molecular weight is 483 g/mol. The van der Waals surface area contributed by atoms with Crippen LogP contribution in [-0.4, -0.2) is 38.9 Å². The summed E-state index contributed by atoms with van der Waals surface area (Å²) in [6.45, 7) is 3.48. The summed E-state index contributed by atoms with van der Waals surface area (Å²) in [6, 6.07) is 13.8. The molecule has 0 aliphatic carbocycles. The van der Waals surface area contributed by atoms with Crippen LogP contribution in [0, 0.1) is 0 Å². The van der Waals surface area contributed by atoms with E-state index in [9.17, 15) is 9.59 Å². The number of unbranched alkanes of at least 4 members (excludes halogenated alkanes) is 7. The fraction of sp³-hybridized carbons (Fsp3) is 0.448. The average Bonchev–Trinajstić information content (AvgIpc) is 2.87. The molecule has 0 saturated heterocycles. The van der Waals surface area contributed by atoms with Crippen LogP contribution in [0.1, 0.15) is 74.2 Å². The first-order valence-electron chi connectivity index (χ1n) is 12.5. The number of methoxy groups -OCH3 is 1. The minimum absolute atomic E-state index is 0.184. The van der Waals surface area contributed by atoms with Gasteiger partial charge in [-0.2, -0.15) is 0 Å². The Labute approximate surface area is 209 Å². The zero-order chi connectivity index (χ0) is 25.1. The molecule has 6 heteroatoms. The second-order valence-corrected chi connectivity index (χ2v) is 8.30. The lowest BCUT2D eigenvalue weighted by Crippen LogP contribution is -2.10. The summed E-state index contributed by atoms with van der Waals surface area (Å²) in [6.07, 6.45) is 13.2. The lowest BCUT2D eigenvalue weighted by Gasteiger charge is -2.06. The van der Waals surface area contributed by atoms with Crippen molar-refractivity contribution >= 4 is 18.0 Å². The van der Waals surface area contributed by atoms with Crippen molar-refractivity contribution in [3.05, 3.63) is 65.7 Å². The molecule has 190 valence electrons. The molecule has 0 aliphatic heterocycles. The number of esters is 2. The van der Waals surface area contributed by atoms with Gasteiger partial charge >= 0.3 is 11.9 Å². The number of rotatable bonds is 17. The van der Waals surface area contributed by atoms with Crippen LogP contribution in [0.2, 0.25) is 0 Å². The van der Waals surface area contributed by atoms with Crippen molar-refractivity contribution in [2.45, 2.75) is 58.3 Å². The summed E-state index contributed by atoms with van der Waals surface area (Å²) in [5.41, 5.74) is 1.25. The highest BCUT2D eigenvalue weighted by Gasteiger charge is 2.08. The number of hydrogen-bond donors (Lipinski definition) is 0. The molecule has 6 nitrogen and oxygen atoms in total. The Bertz CT molecular complexity index is 886. The van der Waals surface area contributed by atoms with E-state index in [1.807, 2.05) is 24.3 Å². The molecular formula is C29H38O6. The van der Waals surface area contributed by atoms with Crippen LogP contribution in [0.5, 0.6) is 11.5 Å². The summed E-state index contributed by atoms with van der Waals surface area (Å²) in [5, 5.41) is 0. The van der Waals surface area contributed by atoms with Gasteiger partial charge in [0.05, 0.1) is 18.8 Å². The first-order chi connectivity index (χ1) is 17.1. The fourth-order valence-electron chi connectivity index (χ4n) is 3.38. The second-order valence-electron chi connectivity index (χ2n) is 8.30. The van der Waals surface area contributed by atoms with Crippen molar-refractivity contribution in [3.63, 3.8) is 0 Å². The van der Waals surface area contributed by atoms with E-state index < -0.39 is 11.9 Å². The highest BCUT2D eigenvalue weighted by atomic mass is 16.6. The van der Waals surface area contributed by atoms with Gasteiger partial charge in [0.25, 0.3) is 0 Å². The number of carbonyl (C=O) groups excluding carboxylic acids is 2. The van der Waals surface area contributed by atoms with Crippen LogP contribution in [0.4, 0.5) is 0 Å². The van der Waals surface area contributed by atoms with Gasteiger partial charge in [0.1, 0.15) is 18.1 Å². The third-order valence-electron chi connectivity index (χ3n) is 5.39. The van der Waals surface area contributed by atoms with Crippen molar-refractivity contribution in [1.82, 2.24) is 0 Å². The molecule has 2 aromatic rings. The number of hydrogen-bond acceptors (Lipinski definition) is 6. The van der Waals surface area contributed by atoms with Crippen molar-refractivity contribution < 1.29 is 28.5 Å². The van der Waals surface area contributed by atoms with Gasteiger partial charge in [-0.15, -0.1) is 0 Å². The van der Waals surface area contributed by atoms with Crippen molar-refractivity contribution in [1.29, 1.82) is 0 Å². The molecule has 0 radical (unpaired) electrons. The van der Waals surface area contributed by atoms with E-state index >= 15 is 0 Å². The van der Waals surface area contributed by atoms with Crippen molar-refractivity contribution in [2.24, 2.45) is 0 Å². The molecule has 0 unspecified atom stereocenters. The maximum absolute atomic E-state index is 12.1. The molecule has 0 heterocycles. The first kappa shape index (κ1) is 28.1. The van der Waals surface area contributed by atoms with Crippen molar-refractivity contribution in [2.75, 3.05) is 26.9 Å². The molecule has 0 amide bonds. The normalized spacial score (nSPS) is 10.9. The highest BCUT2D eigenvalue weighted by Crippen LogP contribution is 2.16. The summed E-state index contributed by atoms with van der Waals surface area (Å²) >= 11 is 0. The topological polar surface area (TPSA) is 71.1 Å².